The zero-order valence-corrected chi connectivity index (χ0v) is 11.1. The van der Waals surface area contributed by atoms with Crippen LogP contribution in [0.25, 0.3) is 21.6 Å². The third-order valence-electron chi connectivity index (χ3n) is 2.53. The SMILES string of the molecule is Cc1ncc(-c2nc(N)c3ccc(Cl)cc3n2)s1. The second kappa shape index (κ2) is 4.19. The summed E-state index contributed by atoms with van der Waals surface area (Å²) < 4.78 is 0. The molecule has 3 rings (SSSR count). The molecule has 0 spiro atoms. The van der Waals surface area contributed by atoms with Crippen LogP contribution in [0.4, 0.5) is 5.82 Å². The quantitative estimate of drug-likeness (QED) is 0.741. The molecule has 0 aliphatic carbocycles. The third kappa shape index (κ3) is 1.91. The Hall–Kier alpha value is -1.72. The second-order valence-electron chi connectivity index (χ2n) is 3.84. The Balaban J connectivity index is 2.26. The molecule has 0 aliphatic rings. The Morgan fingerprint density at radius 2 is 2.11 bits per heavy atom. The van der Waals surface area contributed by atoms with Crippen LogP contribution in [0.1, 0.15) is 5.01 Å². The molecule has 1 aromatic carbocycles. The molecule has 0 saturated heterocycles. The van der Waals surface area contributed by atoms with Crippen molar-refractivity contribution in [2.24, 2.45) is 0 Å². The molecule has 18 heavy (non-hydrogen) atoms. The van der Waals surface area contributed by atoms with Crippen LogP contribution in [0.2, 0.25) is 5.02 Å². The van der Waals surface area contributed by atoms with E-state index in [4.69, 9.17) is 17.3 Å². The molecular weight excluding hydrogens is 268 g/mol. The van der Waals surface area contributed by atoms with Crippen molar-refractivity contribution in [3.63, 3.8) is 0 Å². The molecule has 0 saturated carbocycles. The van der Waals surface area contributed by atoms with Gasteiger partial charge in [-0.2, -0.15) is 0 Å². The molecule has 2 N–H and O–H groups in total. The van der Waals surface area contributed by atoms with Crippen molar-refractivity contribution in [3.8, 4) is 10.7 Å². The number of fused-ring (bicyclic) bond motifs is 1. The number of nitrogens with zero attached hydrogens (tertiary/aromatic N) is 3. The van der Waals surface area contributed by atoms with Crippen LogP contribution < -0.4 is 5.73 Å². The van der Waals surface area contributed by atoms with Crippen molar-refractivity contribution in [1.82, 2.24) is 15.0 Å². The highest BCUT2D eigenvalue weighted by Crippen LogP contribution is 2.27. The highest BCUT2D eigenvalue weighted by atomic mass is 35.5. The number of hydrogen-bond acceptors (Lipinski definition) is 5. The van der Waals surface area contributed by atoms with Crippen LogP contribution in [0, 0.1) is 6.92 Å². The van der Waals surface area contributed by atoms with E-state index in [0.717, 1.165) is 20.8 Å². The molecule has 0 bridgehead atoms. The fourth-order valence-electron chi connectivity index (χ4n) is 1.70. The Morgan fingerprint density at radius 1 is 1.28 bits per heavy atom. The predicted octanol–water partition coefficient (Wildman–Crippen LogP) is 3.30. The lowest BCUT2D eigenvalue weighted by Crippen LogP contribution is -1.96. The van der Waals surface area contributed by atoms with Crippen molar-refractivity contribution in [2.75, 3.05) is 5.73 Å². The molecule has 2 aromatic heterocycles. The molecule has 4 nitrogen and oxygen atoms in total. The maximum absolute atomic E-state index is 5.96. The molecule has 3 aromatic rings. The topological polar surface area (TPSA) is 64.7 Å². The predicted molar refractivity (Wildman–Crippen MR) is 74.8 cm³/mol. The largest absolute Gasteiger partial charge is 0.383 e. The Labute approximate surface area is 112 Å². The van der Waals surface area contributed by atoms with Gasteiger partial charge < -0.3 is 5.73 Å². The number of aromatic nitrogens is 3. The van der Waals surface area contributed by atoms with Crippen molar-refractivity contribution >= 4 is 39.7 Å². The van der Waals surface area contributed by atoms with Gasteiger partial charge in [0.1, 0.15) is 5.82 Å². The monoisotopic (exact) mass is 276 g/mol. The number of thiazole rings is 1. The second-order valence-corrected chi connectivity index (χ2v) is 5.51. The first-order chi connectivity index (χ1) is 8.63. The van der Waals surface area contributed by atoms with Crippen LogP contribution in [-0.4, -0.2) is 15.0 Å². The molecule has 0 atom stereocenters. The van der Waals surface area contributed by atoms with E-state index in [1.54, 1.807) is 18.3 Å². The first-order valence-corrected chi connectivity index (χ1v) is 6.48. The van der Waals surface area contributed by atoms with E-state index in [1.807, 2.05) is 13.0 Å². The zero-order chi connectivity index (χ0) is 12.7. The summed E-state index contributed by atoms with van der Waals surface area (Å²) in [6.07, 6.45) is 1.76. The molecule has 0 fully saturated rings. The summed E-state index contributed by atoms with van der Waals surface area (Å²) in [6, 6.07) is 5.39. The van der Waals surface area contributed by atoms with Gasteiger partial charge in [0, 0.05) is 16.6 Å². The van der Waals surface area contributed by atoms with Crippen LogP contribution in [0.3, 0.4) is 0 Å². The number of benzene rings is 1. The van der Waals surface area contributed by atoms with Crippen LogP contribution in [-0.2, 0) is 0 Å². The Kier molecular flexibility index (Phi) is 2.65. The number of nitrogen functional groups attached to an aromatic ring is 1. The number of aryl methyl sites for hydroxylation is 1. The van der Waals surface area contributed by atoms with Gasteiger partial charge in [0.05, 0.1) is 15.4 Å². The third-order valence-corrected chi connectivity index (χ3v) is 3.67. The van der Waals surface area contributed by atoms with E-state index >= 15 is 0 Å². The van der Waals surface area contributed by atoms with E-state index in [2.05, 4.69) is 15.0 Å². The lowest BCUT2D eigenvalue weighted by atomic mass is 10.2. The first-order valence-electron chi connectivity index (χ1n) is 5.29. The van der Waals surface area contributed by atoms with E-state index in [9.17, 15) is 0 Å². The minimum absolute atomic E-state index is 0.456. The maximum atomic E-state index is 5.96. The van der Waals surface area contributed by atoms with E-state index in [-0.39, 0.29) is 0 Å². The standard InChI is InChI=1S/C12H9ClN4S/c1-6-15-5-10(18-6)12-16-9-4-7(13)2-3-8(9)11(14)17-12/h2-5H,1H3,(H2,14,16,17). The summed E-state index contributed by atoms with van der Waals surface area (Å²) in [5.41, 5.74) is 6.69. The number of halogens is 1. The smallest absolute Gasteiger partial charge is 0.173 e. The van der Waals surface area contributed by atoms with Gasteiger partial charge in [-0.25, -0.2) is 15.0 Å². The molecule has 2 heterocycles. The Bertz CT molecular complexity index is 738. The lowest BCUT2D eigenvalue weighted by molar-refractivity contribution is 1.23. The number of hydrogen-bond donors (Lipinski definition) is 1. The van der Waals surface area contributed by atoms with Gasteiger partial charge in [0.25, 0.3) is 0 Å². The Morgan fingerprint density at radius 3 is 2.83 bits per heavy atom. The minimum Gasteiger partial charge on any atom is -0.383 e. The molecule has 0 radical (unpaired) electrons. The summed E-state index contributed by atoms with van der Waals surface area (Å²) in [4.78, 5) is 13.9. The number of rotatable bonds is 1. The molecule has 0 unspecified atom stereocenters. The minimum atomic E-state index is 0.456. The molecular formula is C12H9ClN4S. The molecule has 90 valence electrons. The van der Waals surface area contributed by atoms with Gasteiger partial charge in [-0.05, 0) is 25.1 Å². The van der Waals surface area contributed by atoms with Gasteiger partial charge in [0.2, 0.25) is 0 Å². The van der Waals surface area contributed by atoms with Crippen molar-refractivity contribution < 1.29 is 0 Å². The van der Waals surface area contributed by atoms with Gasteiger partial charge >= 0.3 is 0 Å². The highest BCUT2D eigenvalue weighted by Gasteiger charge is 2.09. The van der Waals surface area contributed by atoms with Gasteiger partial charge in [-0.1, -0.05) is 11.6 Å². The van der Waals surface area contributed by atoms with Crippen LogP contribution in [0.15, 0.2) is 24.4 Å². The van der Waals surface area contributed by atoms with Gasteiger partial charge in [-0.3, -0.25) is 0 Å². The van der Waals surface area contributed by atoms with Crippen molar-refractivity contribution in [1.29, 1.82) is 0 Å². The van der Waals surface area contributed by atoms with Crippen molar-refractivity contribution in [2.45, 2.75) is 6.92 Å². The lowest BCUT2D eigenvalue weighted by Gasteiger charge is -2.03. The number of anilines is 1. The highest BCUT2D eigenvalue weighted by molar-refractivity contribution is 7.14. The molecule has 6 heteroatoms. The summed E-state index contributed by atoms with van der Waals surface area (Å²) >= 11 is 7.50. The zero-order valence-electron chi connectivity index (χ0n) is 9.51. The van der Waals surface area contributed by atoms with Crippen molar-refractivity contribution in [3.05, 3.63) is 34.4 Å². The van der Waals surface area contributed by atoms with Gasteiger partial charge in [-0.15, -0.1) is 11.3 Å². The molecule has 0 amide bonds. The van der Waals surface area contributed by atoms with E-state index in [1.165, 1.54) is 11.3 Å². The summed E-state index contributed by atoms with van der Waals surface area (Å²) in [6.45, 7) is 1.94. The summed E-state index contributed by atoms with van der Waals surface area (Å²) in [7, 11) is 0. The summed E-state index contributed by atoms with van der Waals surface area (Å²) in [5.74, 6) is 1.05. The summed E-state index contributed by atoms with van der Waals surface area (Å²) in [5, 5.41) is 2.41. The average molecular weight is 277 g/mol. The number of nitrogens with two attached hydrogens (primary N) is 1. The fraction of sp³-hybridized carbons (Fsp3) is 0.0833. The first kappa shape index (κ1) is 11.4. The van der Waals surface area contributed by atoms with E-state index < -0.39 is 0 Å². The maximum Gasteiger partial charge on any atom is 0.173 e. The van der Waals surface area contributed by atoms with Gasteiger partial charge in [0.15, 0.2) is 5.82 Å². The van der Waals surface area contributed by atoms with E-state index in [0.29, 0.717) is 16.7 Å². The van der Waals surface area contributed by atoms with Crippen LogP contribution in [0.5, 0.6) is 0 Å². The normalized spacial score (nSPS) is 11.0. The average Bonchev–Trinajstić information content (AvgIpc) is 2.75. The van der Waals surface area contributed by atoms with Crippen LogP contribution >= 0.6 is 22.9 Å². The fourth-order valence-corrected chi connectivity index (χ4v) is 2.58. The molecule has 0 aliphatic heterocycles.